The number of hydrogen-bond acceptors (Lipinski definition) is 3. The van der Waals surface area contributed by atoms with Crippen molar-refractivity contribution in [2.24, 2.45) is 17.6 Å². The molecule has 6 heteroatoms. The van der Waals surface area contributed by atoms with Crippen LogP contribution in [0.15, 0.2) is 30.3 Å². The van der Waals surface area contributed by atoms with Gasteiger partial charge < -0.3 is 5.73 Å². The van der Waals surface area contributed by atoms with Crippen LogP contribution >= 0.6 is 12.4 Å². The zero-order valence-electron chi connectivity index (χ0n) is 11.3. The molecule has 1 aliphatic heterocycles. The molecule has 0 bridgehead atoms. The maximum Gasteiger partial charge on any atom is 0.218 e. The minimum Gasteiger partial charge on any atom is -0.327 e. The van der Waals surface area contributed by atoms with Gasteiger partial charge >= 0.3 is 0 Å². The fourth-order valence-corrected chi connectivity index (χ4v) is 4.98. The van der Waals surface area contributed by atoms with Crippen LogP contribution in [0.1, 0.15) is 18.4 Å². The molecule has 0 amide bonds. The van der Waals surface area contributed by atoms with Gasteiger partial charge in [-0.25, -0.2) is 12.7 Å². The van der Waals surface area contributed by atoms with Crippen molar-refractivity contribution < 1.29 is 8.42 Å². The first kappa shape index (κ1) is 15.8. The number of sulfonamides is 1. The normalized spacial score (nSPS) is 29.9. The van der Waals surface area contributed by atoms with Crippen molar-refractivity contribution in [3.63, 3.8) is 0 Å². The number of rotatable bonds is 3. The van der Waals surface area contributed by atoms with Crippen molar-refractivity contribution in [2.45, 2.75) is 24.6 Å². The highest BCUT2D eigenvalue weighted by Crippen LogP contribution is 2.38. The minimum atomic E-state index is -3.20. The lowest BCUT2D eigenvalue weighted by Gasteiger charge is -2.18. The molecule has 1 aliphatic carbocycles. The van der Waals surface area contributed by atoms with Crippen molar-refractivity contribution >= 4 is 22.4 Å². The number of halogens is 1. The van der Waals surface area contributed by atoms with E-state index in [2.05, 4.69) is 0 Å². The molecule has 2 N–H and O–H groups in total. The van der Waals surface area contributed by atoms with Gasteiger partial charge in [-0.3, -0.25) is 0 Å². The van der Waals surface area contributed by atoms with E-state index in [1.165, 1.54) is 0 Å². The van der Waals surface area contributed by atoms with E-state index in [1.807, 2.05) is 30.3 Å². The van der Waals surface area contributed by atoms with Crippen LogP contribution in [0.5, 0.6) is 0 Å². The first-order valence-electron chi connectivity index (χ1n) is 6.83. The Morgan fingerprint density at radius 3 is 2.50 bits per heavy atom. The summed E-state index contributed by atoms with van der Waals surface area (Å²) in [5, 5.41) is 0. The maximum absolute atomic E-state index is 12.4. The molecule has 3 atom stereocenters. The Balaban J connectivity index is 0.00000147. The van der Waals surface area contributed by atoms with Crippen LogP contribution in [0.4, 0.5) is 0 Å². The monoisotopic (exact) mass is 316 g/mol. The molecule has 1 aromatic rings. The molecular formula is C14H21ClN2O2S. The van der Waals surface area contributed by atoms with Gasteiger partial charge in [-0.05, 0) is 30.2 Å². The van der Waals surface area contributed by atoms with E-state index >= 15 is 0 Å². The summed E-state index contributed by atoms with van der Waals surface area (Å²) >= 11 is 0. The average molecular weight is 317 g/mol. The fraction of sp³-hybridized carbons (Fsp3) is 0.571. The third-order valence-electron chi connectivity index (χ3n) is 4.46. The van der Waals surface area contributed by atoms with Gasteiger partial charge in [0, 0.05) is 19.1 Å². The van der Waals surface area contributed by atoms with Gasteiger partial charge in [0.25, 0.3) is 0 Å². The van der Waals surface area contributed by atoms with Crippen molar-refractivity contribution in [3.8, 4) is 0 Å². The molecule has 4 nitrogen and oxygen atoms in total. The molecule has 0 radical (unpaired) electrons. The summed E-state index contributed by atoms with van der Waals surface area (Å²) in [7, 11) is -3.20. The topological polar surface area (TPSA) is 63.4 Å². The largest absolute Gasteiger partial charge is 0.327 e. The molecule has 3 rings (SSSR count). The lowest BCUT2D eigenvalue weighted by molar-refractivity contribution is 0.426. The lowest BCUT2D eigenvalue weighted by atomic mass is 9.98. The Labute approximate surface area is 126 Å². The molecule has 1 heterocycles. The second-order valence-electron chi connectivity index (χ2n) is 5.72. The van der Waals surface area contributed by atoms with Crippen LogP contribution in [0.25, 0.3) is 0 Å². The van der Waals surface area contributed by atoms with Gasteiger partial charge in [-0.2, -0.15) is 0 Å². The average Bonchev–Trinajstić information content (AvgIpc) is 2.93. The van der Waals surface area contributed by atoms with Gasteiger partial charge in [0.2, 0.25) is 10.0 Å². The zero-order valence-corrected chi connectivity index (χ0v) is 12.9. The second-order valence-corrected chi connectivity index (χ2v) is 7.69. The molecule has 20 heavy (non-hydrogen) atoms. The molecule has 112 valence electrons. The van der Waals surface area contributed by atoms with Gasteiger partial charge in [0.05, 0.1) is 5.75 Å². The van der Waals surface area contributed by atoms with Crippen LogP contribution in [-0.2, 0) is 15.8 Å². The van der Waals surface area contributed by atoms with Crippen LogP contribution in [0.3, 0.4) is 0 Å². The van der Waals surface area contributed by atoms with E-state index in [0.29, 0.717) is 24.9 Å². The summed E-state index contributed by atoms with van der Waals surface area (Å²) in [5.41, 5.74) is 6.91. The highest BCUT2D eigenvalue weighted by atomic mass is 35.5. The standard InChI is InChI=1S/C14H20N2O2S.ClH/c15-14-7-6-12-8-16(9-13(12)14)19(17,18)10-11-4-2-1-3-5-11;/h1-5,12-14H,6-10,15H2;1H. The van der Waals surface area contributed by atoms with E-state index in [9.17, 15) is 8.42 Å². The third kappa shape index (κ3) is 3.01. The molecule has 1 aromatic carbocycles. The minimum absolute atomic E-state index is 0. The van der Waals surface area contributed by atoms with Gasteiger partial charge in [-0.1, -0.05) is 30.3 Å². The highest BCUT2D eigenvalue weighted by molar-refractivity contribution is 7.88. The first-order chi connectivity index (χ1) is 9.06. The zero-order chi connectivity index (χ0) is 13.5. The Morgan fingerprint density at radius 2 is 1.85 bits per heavy atom. The summed E-state index contributed by atoms with van der Waals surface area (Å²) < 4.78 is 26.5. The van der Waals surface area contributed by atoms with Crippen LogP contribution in [0, 0.1) is 11.8 Å². The summed E-state index contributed by atoms with van der Waals surface area (Å²) in [6, 6.07) is 9.55. The van der Waals surface area contributed by atoms with E-state index in [0.717, 1.165) is 18.4 Å². The van der Waals surface area contributed by atoms with E-state index in [4.69, 9.17) is 5.73 Å². The van der Waals surface area contributed by atoms with Gasteiger partial charge in [-0.15, -0.1) is 12.4 Å². The van der Waals surface area contributed by atoms with Crippen LogP contribution in [-0.4, -0.2) is 31.9 Å². The number of nitrogens with zero attached hydrogens (tertiary/aromatic N) is 1. The van der Waals surface area contributed by atoms with Crippen LogP contribution < -0.4 is 5.73 Å². The first-order valence-corrected chi connectivity index (χ1v) is 8.44. The Kier molecular flexibility index (Phi) is 4.74. The number of nitrogens with two attached hydrogens (primary N) is 1. The number of benzene rings is 1. The quantitative estimate of drug-likeness (QED) is 0.921. The molecular weight excluding hydrogens is 296 g/mol. The Bertz CT molecular complexity index is 550. The van der Waals surface area contributed by atoms with E-state index < -0.39 is 10.0 Å². The van der Waals surface area contributed by atoms with Crippen molar-refractivity contribution in [3.05, 3.63) is 35.9 Å². The van der Waals surface area contributed by atoms with E-state index in [1.54, 1.807) is 4.31 Å². The van der Waals surface area contributed by atoms with Crippen molar-refractivity contribution in [1.82, 2.24) is 4.31 Å². The maximum atomic E-state index is 12.4. The van der Waals surface area contributed by atoms with Gasteiger partial charge in [0.15, 0.2) is 0 Å². The van der Waals surface area contributed by atoms with Crippen LogP contribution in [0.2, 0.25) is 0 Å². The van der Waals surface area contributed by atoms with Crippen molar-refractivity contribution in [2.75, 3.05) is 13.1 Å². The summed E-state index contributed by atoms with van der Waals surface area (Å²) in [4.78, 5) is 0. The lowest BCUT2D eigenvalue weighted by Crippen LogP contribution is -2.34. The Morgan fingerprint density at radius 1 is 1.15 bits per heavy atom. The summed E-state index contributed by atoms with van der Waals surface area (Å²) in [5.74, 6) is 0.939. The molecule has 1 saturated carbocycles. The second kappa shape index (κ2) is 6.02. The predicted octanol–water partition coefficient (Wildman–Crippen LogP) is 1.61. The smallest absolute Gasteiger partial charge is 0.218 e. The highest BCUT2D eigenvalue weighted by Gasteiger charge is 2.44. The third-order valence-corrected chi connectivity index (χ3v) is 6.25. The molecule has 2 fully saturated rings. The molecule has 0 aromatic heterocycles. The molecule has 2 aliphatic rings. The number of fused-ring (bicyclic) bond motifs is 1. The molecule has 0 spiro atoms. The molecule has 1 saturated heterocycles. The van der Waals surface area contributed by atoms with Gasteiger partial charge in [0.1, 0.15) is 0 Å². The van der Waals surface area contributed by atoms with E-state index in [-0.39, 0.29) is 24.2 Å². The van der Waals surface area contributed by atoms with Crippen molar-refractivity contribution in [1.29, 1.82) is 0 Å². The number of hydrogen-bond donors (Lipinski definition) is 1. The summed E-state index contributed by atoms with van der Waals surface area (Å²) in [6.07, 6.45) is 2.12. The Hall–Kier alpha value is -0.620. The predicted molar refractivity (Wildman–Crippen MR) is 82.1 cm³/mol. The molecule has 3 unspecified atom stereocenters. The summed E-state index contributed by atoms with van der Waals surface area (Å²) in [6.45, 7) is 1.27. The SMILES string of the molecule is Cl.NC1CCC2CN(S(=O)(=O)Cc3ccccc3)CC12. The fourth-order valence-electron chi connectivity index (χ4n) is 3.37.